The van der Waals surface area contributed by atoms with Gasteiger partial charge in [-0.2, -0.15) is 0 Å². The highest BCUT2D eigenvalue weighted by atomic mass is 19.1. The highest BCUT2D eigenvalue weighted by Gasteiger charge is 2.22. The van der Waals surface area contributed by atoms with Gasteiger partial charge < -0.3 is 15.3 Å². The normalized spacial score (nSPS) is 20.4. The first kappa shape index (κ1) is 14.3. The second-order valence-corrected chi connectivity index (χ2v) is 5.18. The highest BCUT2D eigenvalue weighted by molar-refractivity contribution is 5.55. The Balaban J connectivity index is 2.31. The molecular formula is C15H23FN2O. The van der Waals surface area contributed by atoms with Crippen molar-refractivity contribution in [2.45, 2.75) is 38.3 Å². The van der Waals surface area contributed by atoms with Crippen molar-refractivity contribution >= 4 is 5.69 Å². The Morgan fingerprint density at radius 2 is 2.21 bits per heavy atom. The van der Waals surface area contributed by atoms with E-state index >= 15 is 0 Å². The van der Waals surface area contributed by atoms with Crippen LogP contribution in [0.3, 0.4) is 0 Å². The summed E-state index contributed by atoms with van der Waals surface area (Å²) in [6.07, 6.45) is 4.50. The Morgan fingerprint density at radius 3 is 2.95 bits per heavy atom. The van der Waals surface area contributed by atoms with Gasteiger partial charge in [0.1, 0.15) is 5.82 Å². The molecule has 3 nitrogen and oxygen atoms in total. The maximum Gasteiger partial charge on any atom is 0.123 e. The SMILES string of the molecule is CNCc1cc(F)ccc1N1CCCCCC1CO. The molecule has 1 saturated heterocycles. The number of nitrogens with one attached hydrogen (secondary N) is 1. The molecule has 1 aromatic carbocycles. The van der Waals surface area contributed by atoms with Crippen LogP contribution in [0.5, 0.6) is 0 Å². The first-order valence-electron chi connectivity index (χ1n) is 7.06. The minimum atomic E-state index is -0.204. The first-order valence-corrected chi connectivity index (χ1v) is 7.06. The number of aliphatic hydroxyl groups is 1. The number of nitrogens with zero attached hydrogens (tertiary/aromatic N) is 1. The number of anilines is 1. The summed E-state index contributed by atoms with van der Waals surface area (Å²) in [5.41, 5.74) is 2.01. The van der Waals surface area contributed by atoms with Crippen molar-refractivity contribution in [3.63, 3.8) is 0 Å². The third-order valence-corrected chi connectivity index (χ3v) is 3.81. The second-order valence-electron chi connectivity index (χ2n) is 5.18. The Hall–Kier alpha value is -1.13. The van der Waals surface area contributed by atoms with Gasteiger partial charge in [0.25, 0.3) is 0 Å². The molecule has 0 aliphatic carbocycles. The van der Waals surface area contributed by atoms with E-state index in [0.29, 0.717) is 6.54 Å². The predicted molar refractivity (Wildman–Crippen MR) is 75.9 cm³/mol. The van der Waals surface area contributed by atoms with E-state index in [1.54, 1.807) is 6.07 Å². The number of hydrogen-bond acceptors (Lipinski definition) is 3. The van der Waals surface area contributed by atoms with E-state index in [1.165, 1.54) is 12.5 Å². The highest BCUT2D eigenvalue weighted by Crippen LogP contribution is 2.28. The fraction of sp³-hybridized carbons (Fsp3) is 0.600. The van der Waals surface area contributed by atoms with Crippen LogP contribution in [0.1, 0.15) is 31.2 Å². The van der Waals surface area contributed by atoms with Crippen molar-refractivity contribution < 1.29 is 9.50 Å². The summed E-state index contributed by atoms with van der Waals surface area (Å²) in [5.74, 6) is -0.204. The maximum atomic E-state index is 13.4. The minimum absolute atomic E-state index is 0.156. The fourth-order valence-electron chi connectivity index (χ4n) is 2.85. The zero-order valence-corrected chi connectivity index (χ0v) is 11.5. The molecule has 0 bridgehead atoms. The molecule has 1 unspecified atom stereocenters. The average molecular weight is 266 g/mol. The topological polar surface area (TPSA) is 35.5 Å². The molecular weight excluding hydrogens is 243 g/mol. The average Bonchev–Trinajstić information content (AvgIpc) is 2.64. The zero-order valence-electron chi connectivity index (χ0n) is 11.5. The van der Waals surface area contributed by atoms with Crippen LogP contribution < -0.4 is 10.2 Å². The lowest BCUT2D eigenvalue weighted by atomic mass is 10.1. The maximum absolute atomic E-state index is 13.4. The second kappa shape index (κ2) is 6.87. The van der Waals surface area contributed by atoms with Crippen LogP contribution >= 0.6 is 0 Å². The summed E-state index contributed by atoms with van der Waals surface area (Å²) in [4.78, 5) is 2.25. The molecule has 1 atom stereocenters. The fourth-order valence-corrected chi connectivity index (χ4v) is 2.85. The van der Waals surface area contributed by atoms with Gasteiger partial charge in [0.15, 0.2) is 0 Å². The van der Waals surface area contributed by atoms with E-state index in [4.69, 9.17) is 0 Å². The number of benzene rings is 1. The van der Waals surface area contributed by atoms with Crippen molar-refractivity contribution in [1.29, 1.82) is 0 Å². The van der Waals surface area contributed by atoms with E-state index in [2.05, 4.69) is 10.2 Å². The molecule has 19 heavy (non-hydrogen) atoms. The molecule has 1 aromatic rings. The predicted octanol–water partition coefficient (Wildman–Crippen LogP) is 2.29. The lowest BCUT2D eigenvalue weighted by Crippen LogP contribution is -2.38. The van der Waals surface area contributed by atoms with Crippen LogP contribution in [0.2, 0.25) is 0 Å². The van der Waals surface area contributed by atoms with Gasteiger partial charge in [0, 0.05) is 18.8 Å². The van der Waals surface area contributed by atoms with E-state index in [9.17, 15) is 9.50 Å². The van der Waals surface area contributed by atoms with Crippen LogP contribution in [-0.4, -0.2) is 31.3 Å². The molecule has 0 saturated carbocycles. The summed E-state index contributed by atoms with van der Waals surface area (Å²) >= 11 is 0. The molecule has 2 N–H and O–H groups in total. The van der Waals surface area contributed by atoms with Crippen LogP contribution in [0.25, 0.3) is 0 Å². The summed E-state index contributed by atoms with van der Waals surface area (Å²) in [6.45, 7) is 1.74. The van der Waals surface area contributed by atoms with Crippen LogP contribution in [0.15, 0.2) is 18.2 Å². The van der Waals surface area contributed by atoms with Gasteiger partial charge in [-0.15, -0.1) is 0 Å². The molecule has 0 spiro atoms. The van der Waals surface area contributed by atoms with Gasteiger partial charge in [-0.05, 0) is 43.7 Å². The Morgan fingerprint density at radius 1 is 1.37 bits per heavy atom. The third kappa shape index (κ3) is 3.45. The first-order chi connectivity index (χ1) is 9.26. The summed E-state index contributed by atoms with van der Waals surface area (Å²) in [7, 11) is 1.86. The van der Waals surface area contributed by atoms with Gasteiger partial charge >= 0.3 is 0 Å². The number of hydrogen-bond donors (Lipinski definition) is 2. The van der Waals surface area contributed by atoms with Gasteiger partial charge in [-0.25, -0.2) is 4.39 Å². The molecule has 1 aliphatic heterocycles. The molecule has 4 heteroatoms. The van der Waals surface area contributed by atoms with Gasteiger partial charge in [0.05, 0.1) is 12.6 Å². The largest absolute Gasteiger partial charge is 0.394 e. The molecule has 106 valence electrons. The zero-order chi connectivity index (χ0) is 13.7. The molecule has 2 rings (SSSR count). The van der Waals surface area contributed by atoms with Crippen LogP contribution in [0.4, 0.5) is 10.1 Å². The smallest absolute Gasteiger partial charge is 0.123 e. The monoisotopic (exact) mass is 266 g/mol. The quantitative estimate of drug-likeness (QED) is 0.877. The lowest BCUT2D eigenvalue weighted by molar-refractivity contribution is 0.255. The molecule has 0 aromatic heterocycles. The summed E-state index contributed by atoms with van der Waals surface area (Å²) < 4.78 is 13.4. The molecule has 0 amide bonds. The van der Waals surface area contributed by atoms with Crippen molar-refractivity contribution in [2.75, 3.05) is 25.1 Å². The van der Waals surface area contributed by atoms with Gasteiger partial charge in [-0.3, -0.25) is 0 Å². The van der Waals surface area contributed by atoms with Crippen molar-refractivity contribution in [2.24, 2.45) is 0 Å². The van der Waals surface area contributed by atoms with E-state index in [-0.39, 0.29) is 18.5 Å². The number of halogens is 1. The minimum Gasteiger partial charge on any atom is -0.394 e. The molecule has 0 radical (unpaired) electrons. The van der Waals surface area contributed by atoms with E-state index < -0.39 is 0 Å². The molecule has 1 aliphatic rings. The van der Waals surface area contributed by atoms with Crippen LogP contribution in [-0.2, 0) is 6.54 Å². The Labute approximate surface area is 114 Å². The Bertz CT molecular complexity index is 411. The number of aliphatic hydroxyl groups excluding tert-OH is 1. The lowest BCUT2D eigenvalue weighted by Gasteiger charge is -2.32. The summed E-state index contributed by atoms with van der Waals surface area (Å²) in [6, 6.07) is 5.10. The summed E-state index contributed by atoms with van der Waals surface area (Å²) in [5, 5.41) is 12.7. The third-order valence-electron chi connectivity index (χ3n) is 3.81. The van der Waals surface area contributed by atoms with Crippen LogP contribution in [0, 0.1) is 5.82 Å². The Kier molecular flexibility index (Phi) is 5.16. The molecule has 1 heterocycles. The molecule has 1 fully saturated rings. The van der Waals surface area contributed by atoms with Gasteiger partial charge in [-0.1, -0.05) is 12.8 Å². The van der Waals surface area contributed by atoms with Gasteiger partial charge in [0.2, 0.25) is 0 Å². The van der Waals surface area contributed by atoms with Crippen molar-refractivity contribution in [3.05, 3.63) is 29.6 Å². The van der Waals surface area contributed by atoms with E-state index in [1.807, 2.05) is 13.1 Å². The van der Waals surface area contributed by atoms with Crippen molar-refractivity contribution in [3.8, 4) is 0 Å². The van der Waals surface area contributed by atoms with E-state index in [0.717, 1.165) is 37.1 Å². The number of rotatable bonds is 4. The van der Waals surface area contributed by atoms with Crippen molar-refractivity contribution in [1.82, 2.24) is 5.32 Å². The standard InChI is InChI=1S/C15H23FN2O/c1-17-10-12-9-13(16)6-7-15(12)18-8-4-2-3-5-14(18)11-19/h6-7,9,14,17,19H,2-5,8,10-11H2,1H3.